The second-order valence-corrected chi connectivity index (χ2v) is 5.79. The summed E-state index contributed by atoms with van der Waals surface area (Å²) in [5, 5.41) is 1.36. The highest BCUT2D eigenvalue weighted by Crippen LogP contribution is 2.37. The molecule has 3 rings (SSSR count). The van der Waals surface area contributed by atoms with Crippen LogP contribution in [0.2, 0.25) is 10.0 Å². The monoisotopic (exact) mass is 308 g/mol. The van der Waals surface area contributed by atoms with Gasteiger partial charge in [0.15, 0.2) is 0 Å². The van der Waals surface area contributed by atoms with Crippen molar-refractivity contribution in [3.63, 3.8) is 0 Å². The van der Waals surface area contributed by atoms with Crippen molar-refractivity contribution in [1.82, 2.24) is 0 Å². The smallest absolute Gasteiger partial charge is 0.130 e. The summed E-state index contributed by atoms with van der Waals surface area (Å²) in [5.74, 6) is 0.753. The first-order valence-corrected chi connectivity index (χ1v) is 7.05. The molecule has 1 nitrogen and oxygen atoms in total. The van der Waals surface area contributed by atoms with Gasteiger partial charge in [-0.25, -0.2) is 0 Å². The summed E-state index contributed by atoms with van der Waals surface area (Å²) in [6, 6.07) is 13.2. The van der Waals surface area contributed by atoms with Gasteiger partial charge in [0.1, 0.15) is 11.9 Å². The Labute approximate surface area is 127 Å². The standard InChI is InChI=1S/C15H10Cl2OS/c16-10-3-1-9(2-4-10)13-8-15(19)12-6-5-11(17)7-14(12)18-13/h1-7,13H,8H2/t13-/m1/s1. The van der Waals surface area contributed by atoms with Crippen molar-refractivity contribution in [3.05, 3.63) is 63.6 Å². The van der Waals surface area contributed by atoms with E-state index in [4.69, 9.17) is 40.2 Å². The van der Waals surface area contributed by atoms with Crippen molar-refractivity contribution < 1.29 is 4.74 Å². The fourth-order valence-electron chi connectivity index (χ4n) is 2.16. The van der Waals surface area contributed by atoms with E-state index < -0.39 is 0 Å². The largest absolute Gasteiger partial charge is 0.485 e. The molecule has 1 aliphatic rings. The lowest BCUT2D eigenvalue weighted by atomic mass is 9.97. The van der Waals surface area contributed by atoms with E-state index in [0.29, 0.717) is 16.5 Å². The van der Waals surface area contributed by atoms with Gasteiger partial charge in [-0.2, -0.15) is 0 Å². The zero-order chi connectivity index (χ0) is 13.4. The lowest BCUT2D eigenvalue weighted by Gasteiger charge is -2.27. The third kappa shape index (κ3) is 2.62. The van der Waals surface area contributed by atoms with E-state index in [1.54, 1.807) is 0 Å². The Morgan fingerprint density at radius 1 is 1.00 bits per heavy atom. The summed E-state index contributed by atoms with van der Waals surface area (Å²) in [6.45, 7) is 0. The molecule has 0 amide bonds. The number of fused-ring (bicyclic) bond motifs is 1. The number of ether oxygens (including phenoxy) is 1. The van der Waals surface area contributed by atoms with E-state index in [0.717, 1.165) is 21.7 Å². The Bertz CT molecular complexity index is 637. The van der Waals surface area contributed by atoms with Crippen LogP contribution < -0.4 is 4.74 Å². The number of rotatable bonds is 1. The minimum Gasteiger partial charge on any atom is -0.485 e. The Balaban J connectivity index is 1.96. The van der Waals surface area contributed by atoms with Gasteiger partial charge in [-0.1, -0.05) is 47.6 Å². The number of hydrogen-bond acceptors (Lipinski definition) is 2. The number of hydrogen-bond donors (Lipinski definition) is 0. The summed E-state index contributed by atoms with van der Waals surface area (Å²) >= 11 is 17.4. The van der Waals surface area contributed by atoms with Crippen molar-refractivity contribution in [1.29, 1.82) is 0 Å². The molecule has 1 heterocycles. The van der Waals surface area contributed by atoms with Gasteiger partial charge < -0.3 is 4.74 Å². The third-order valence-electron chi connectivity index (χ3n) is 3.13. The predicted octanol–water partition coefficient (Wildman–Crippen LogP) is 5.24. The summed E-state index contributed by atoms with van der Waals surface area (Å²) < 4.78 is 5.99. The Morgan fingerprint density at radius 2 is 1.68 bits per heavy atom. The van der Waals surface area contributed by atoms with Crippen LogP contribution in [0.4, 0.5) is 0 Å². The molecule has 0 radical (unpaired) electrons. The first-order valence-electron chi connectivity index (χ1n) is 5.88. The van der Waals surface area contributed by atoms with Crippen LogP contribution in [-0.4, -0.2) is 4.86 Å². The average molecular weight is 309 g/mol. The fourth-order valence-corrected chi connectivity index (χ4v) is 2.77. The predicted molar refractivity (Wildman–Crippen MR) is 82.6 cm³/mol. The summed E-state index contributed by atoms with van der Waals surface area (Å²) in [5.41, 5.74) is 2.03. The molecule has 96 valence electrons. The van der Waals surface area contributed by atoms with Gasteiger partial charge in [0.2, 0.25) is 0 Å². The van der Waals surface area contributed by atoms with E-state index >= 15 is 0 Å². The minimum absolute atomic E-state index is 0.0734. The number of halogens is 2. The second-order valence-electron chi connectivity index (χ2n) is 4.43. The van der Waals surface area contributed by atoms with Crippen LogP contribution in [0.3, 0.4) is 0 Å². The topological polar surface area (TPSA) is 9.23 Å². The molecule has 0 bridgehead atoms. The van der Waals surface area contributed by atoms with Crippen LogP contribution in [0.1, 0.15) is 23.7 Å². The van der Waals surface area contributed by atoms with Gasteiger partial charge in [-0.3, -0.25) is 0 Å². The molecule has 2 aromatic carbocycles. The molecule has 0 aromatic heterocycles. The molecule has 0 fully saturated rings. The molecule has 0 N–H and O–H groups in total. The van der Waals surface area contributed by atoms with Gasteiger partial charge in [0, 0.05) is 26.9 Å². The zero-order valence-electron chi connectivity index (χ0n) is 9.90. The van der Waals surface area contributed by atoms with Crippen LogP contribution in [0.5, 0.6) is 5.75 Å². The molecule has 0 unspecified atom stereocenters. The van der Waals surface area contributed by atoms with Crippen molar-refractivity contribution in [2.75, 3.05) is 0 Å². The molecular formula is C15H10Cl2OS. The van der Waals surface area contributed by atoms with Gasteiger partial charge in [-0.15, -0.1) is 0 Å². The molecule has 2 aromatic rings. The average Bonchev–Trinajstić information content (AvgIpc) is 2.38. The highest BCUT2D eigenvalue weighted by atomic mass is 35.5. The van der Waals surface area contributed by atoms with Crippen LogP contribution >= 0.6 is 35.4 Å². The molecule has 1 aliphatic heterocycles. The maximum atomic E-state index is 6.00. The van der Waals surface area contributed by atoms with E-state index in [2.05, 4.69) is 0 Å². The summed E-state index contributed by atoms with van der Waals surface area (Å²) in [4.78, 5) is 0.901. The Kier molecular flexibility index (Phi) is 3.48. The lowest BCUT2D eigenvalue weighted by Crippen LogP contribution is -2.19. The van der Waals surface area contributed by atoms with Gasteiger partial charge in [0.25, 0.3) is 0 Å². The molecule has 0 spiro atoms. The van der Waals surface area contributed by atoms with Crippen molar-refractivity contribution in [2.45, 2.75) is 12.5 Å². The van der Waals surface area contributed by atoms with Crippen LogP contribution in [0.15, 0.2) is 42.5 Å². The fraction of sp³-hybridized carbons (Fsp3) is 0.133. The normalized spacial score (nSPS) is 17.8. The third-order valence-corrected chi connectivity index (χ3v) is 4.00. The minimum atomic E-state index is -0.0734. The summed E-state index contributed by atoms with van der Waals surface area (Å²) in [6.07, 6.45) is 0.627. The molecule has 0 aliphatic carbocycles. The number of thiocarbonyl (C=S) groups is 1. The van der Waals surface area contributed by atoms with Gasteiger partial charge in [0.05, 0.1) is 0 Å². The SMILES string of the molecule is S=C1C[C@H](c2ccc(Cl)cc2)Oc2cc(Cl)ccc21. The first kappa shape index (κ1) is 12.9. The van der Waals surface area contributed by atoms with E-state index in [1.165, 1.54) is 0 Å². The first-order chi connectivity index (χ1) is 9.13. The van der Waals surface area contributed by atoms with Gasteiger partial charge >= 0.3 is 0 Å². The van der Waals surface area contributed by atoms with Crippen molar-refractivity contribution in [2.24, 2.45) is 0 Å². The molecule has 1 atom stereocenters. The molecule has 19 heavy (non-hydrogen) atoms. The quantitative estimate of drug-likeness (QED) is 0.667. The highest BCUT2D eigenvalue weighted by Gasteiger charge is 2.25. The van der Waals surface area contributed by atoms with Crippen molar-refractivity contribution in [3.8, 4) is 5.75 Å². The van der Waals surface area contributed by atoms with E-state index in [-0.39, 0.29) is 6.10 Å². The molecule has 4 heteroatoms. The molecule has 0 saturated heterocycles. The van der Waals surface area contributed by atoms with E-state index in [9.17, 15) is 0 Å². The highest BCUT2D eigenvalue weighted by molar-refractivity contribution is 7.80. The second kappa shape index (κ2) is 5.12. The van der Waals surface area contributed by atoms with Gasteiger partial charge in [-0.05, 0) is 35.9 Å². The Hall–Kier alpha value is -1.09. The molecule has 0 saturated carbocycles. The van der Waals surface area contributed by atoms with Crippen LogP contribution in [0, 0.1) is 0 Å². The lowest BCUT2D eigenvalue weighted by molar-refractivity contribution is 0.207. The Morgan fingerprint density at radius 3 is 2.42 bits per heavy atom. The zero-order valence-corrected chi connectivity index (χ0v) is 12.2. The van der Waals surface area contributed by atoms with Crippen LogP contribution in [-0.2, 0) is 0 Å². The number of benzene rings is 2. The van der Waals surface area contributed by atoms with Crippen LogP contribution in [0.25, 0.3) is 0 Å². The maximum absolute atomic E-state index is 6.00. The molecular weight excluding hydrogens is 299 g/mol. The summed E-state index contributed by atoms with van der Waals surface area (Å²) in [7, 11) is 0. The maximum Gasteiger partial charge on any atom is 0.130 e. The van der Waals surface area contributed by atoms with Crippen molar-refractivity contribution >= 4 is 40.3 Å². The van der Waals surface area contributed by atoms with E-state index in [1.807, 2.05) is 42.5 Å².